The first kappa shape index (κ1) is 19.4. The van der Waals surface area contributed by atoms with E-state index in [4.69, 9.17) is 9.47 Å². The number of nitrogens with one attached hydrogen (secondary N) is 1. The quantitative estimate of drug-likeness (QED) is 0.575. The lowest BCUT2D eigenvalue weighted by Crippen LogP contribution is -2.45. The van der Waals surface area contributed by atoms with Crippen molar-refractivity contribution in [3.05, 3.63) is 24.3 Å². The average molecular weight is 400 g/mol. The van der Waals surface area contributed by atoms with Gasteiger partial charge in [-0.1, -0.05) is 6.07 Å². The fourth-order valence-corrected chi connectivity index (χ4v) is 5.07. The lowest BCUT2D eigenvalue weighted by molar-refractivity contribution is -0.159. The lowest BCUT2D eigenvalue weighted by atomic mass is 9.81. The largest absolute Gasteiger partial charge is 0.497 e. The van der Waals surface area contributed by atoms with Gasteiger partial charge in [0.25, 0.3) is 5.91 Å². The second kappa shape index (κ2) is 7.50. The van der Waals surface area contributed by atoms with Crippen LogP contribution in [0.2, 0.25) is 0 Å². The van der Waals surface area contributed by atoms with Crippen molar-refractivity contribution in [1.82, 2.24) is 4.90 Å². The fraction of sp³-hybridized carbons (Fsp3) is 0.524. The molecular weight excluding hydrogens is 376 g/mol. The number of hydrogen-bond acceptors (Lipinski definition) is 6. The molecule has 2 saturated carbocycles. The van der Waals surface area contributed by atoms with Gasteiger partial charge in [0.15, 0.2) is 6.61 Å². The molecule has 8 nitrogen and oxygen atoms in total. The highest BCUT2D eigenvalue weighted by atomic mass is 16.5. The van der Waals surface area contributed by atoms with E-state index >= 15 is 0 Å². The number of methoxy groups -OCH3 is 1. The Hall–Kier alpha value is -2.90. The lowest BCUT2D eigenvalue weighted by Gasteiger charge is -2.23. The molecule has 0 aromatic heterocycles. The molecule has 1 N–H and O–H groups in total. The van der Waals surface area contributed by atoms with Crippen LogP contribution in [0.15, 0.2) is 24.3 Å². The second-order valence-corrected chi connectivity index (χ2v) is 8.00. The van der Waals surface area contributed by atoms with Crippen molar-refractivity contribution in [1.29, 1.82) is 0 Å². The molecule has 0 spiro atoms. The number of amides is 3. The predicted molar refractivity (Wildman–Crippen MR) is 102 cm³/mol. The van der Waals surface area contributed by atoms with Crippen LogP contribution in [-0.2, 0) is 23.9 Å². The predicted octanol–water partition coefficient (Wildman–Crippen LogP) is 1.60. The molecule has 2 aliphatic carbocycles. The molecule has 5 atom stereocenters. The summed E-state index contributed by atoms with van der Waals surface area (Å²) in [5.41, 5.74) is 0.506. The van der Waals surface area contributed by atoms with Crippen molar-refractivity contribution >= 4 is 29.4 Å². The molecule has 29 heavy (non-hydrogen) atoms. The van der Waals surface area contributed by atoms with Crippen LogP contribution in [0.3, 0.4) is 0 Å². The summed E-state index contributed by atoms with van der Waals surface area (Å²) in [6, 6.07) is 5.74. The van der Waals surface area contributed by atoms with Crippen molar-refractivity contribution in [2.75, 3.05) is 19.0 Å². The van der Waals surface area contributed by atoms with E-state index in [-0.39, 0.29) is 35.5 Å². The Bertz CT molecular complexity index is 840. The summed E-state index contributed by atoms with van der Waals surface area (Å²) in [7, 11) is 1.52. The van der Waals surface area contributed by atoms with Crippen LogP contribution < -0.4 is 10.1 Å². The van der Waals surface area contributed by atoms with Gasteiger partial charge >= 0.3 is 5.97 Å². The van der Waals surface area contributed by atoms with E-state index < -0.39 is 24.5 Å². The number of imide groups is 1. The number of benzene rings is 1. The third-order valence-electron chi connectivity index (χ3n) is 6.39. The molecule has 2 bridgehead atoms. The standard InChI is InChI=1S/C21H24N2O6/c1-11(23-19(25)17-12-6-7-13(8-12)18(17)20(23)26)21(27)29-10-16(24)22-14-4-3-5-15(9-14)28-2/h3-5,9,11-13,17-18H,6-8,10H2,1-2H3,(H,22,24)/t11-,12-,13-,17-,18+/m0/s1. The maximum Gasteiger partial charge on any atom is 0.329 e. The van der Waals surface area contributed by atoms with Gasteiger partial charge in [-0.25, -0.2) is 4.79 Å². The minimum Gasteiger partial charge on any atom is -0.497 e. The van der Waals surface area contributed by atoms with Crippen LogP contribution in [0.25, 0.3) is 0 Å². The summed E-state index contributed by atoms with van der Waals surface area (Å²) in [4.78, 5) is 51.1. The third kappa shape index (κ3) is 3.36. The first-order valence-corrected chi connectivity index (χ1v) is 9.88. The summed E-state index contributed by atoms with van der Waals surface area (Å²) in [5, 5.41) is 2.61. The molecule has 1 aliphatic heterocycles. The molecule has 3 aliphatic rings. The monoisotopic (exact) mass is 400 g/mol. The highest BCUT2D eigenvalue weighted by Gasteiger charge is 2.62. The number of rotatable bonds is 6. The zero-order valence-corrected chi connectivity index (χ0v) is 16.4. The summed E-state index contributed by atoms with van der Waals surface area (Å²) >= 11 is 0. The molecule has 3 fully saturated rings. The maximum atomic E-state index is 12.8. The SMILES string of the molecule is COc1cccc(NC(=O)COC(=O)[C@H](C)N2C(=O)[C@@H]3[C@H]4CC[C@@H](C4)[C@@H]3C2=O)c1. The number of hydrogen-bond donors (Lipinski definition) is 1. The van der Waals surface area contributed by atoms with Crippen molar-refractivity contribution in [3.8, 4) is 5.75 Å². The molecule has 4 rings (SSSR count). The molecule has 154 valence electrons. The summed E-state index contributed by atoms with van der Waals surface area (Å²) < 4.78 is 10.2. The van der Waals surface area contributed by atoms with Crippen molar-refractivity contribution in [3.63, 3.8) is 0 Å². The van der Waals surface area contributed by atoms with Gasteiger partial charge in [0.1, 0.15) is 11.8 Å². The van der Waals surface area contributed by atoms with Gasteiger partial charge in [-0.15, -0.1) is 0 Å². The first-order chi connectivity index (χ1) is 13.9. The number of carbonyl (C=O) groups is 4. The van der Waals surface area contributed by atoms with Crippen molar-refractivity contribution < 1.29 is 28.7 Å². The smallest absolute Gasteiger partial charge is 0.329 e. The highest BCUT2D eigenvalue weighted by Crippen LogP contribution is 2.56. The Morgan fingerprint density at radius 3 is 2.45 bits per heavy atom. The minimum atomic E-state index is -1.04. The Kier molecular flexibility index (Phi) is 5.02. The number of nitrogens with zero attached hydrogens (tertiary/aromatic N) is 1. The average Bonchev–Trinajstić information content (AvgIpc) is 3.39. The zero-order valence-electron chi connectivity index (χ0n) is 16.4. The molecule has 1 saturated heterocycles. The van der Waals surface area contributed by atoms with Crippen LogP contribution in [0.4, 0.5) is 5.69 Å². The van der Waals surface area contributed by atoms with Gasteiger partial charge in [0.2, 0.25) is 11.8 Å². The fourth-order valence-electron chi connectivity index (χ4n) is 5.07. The van der Waals surface area contributed by atoms with E-state index in [1.807, 2.05) is 0 Å². The van der Waals surface area contributed by atoms with Gasteiger partial charge in [0.05, 0.1) is 18.9 Å². The molecule has 1 heterocycles. The number of anilines is 1. The normalized spacial score (nSPS) is 28.3. The van der Waals surface area contributed by atoms with Crippen molar-refractivity contribution in [2.24, 2.45) is 23.7 Å². The Labute approximate surface area is 168 Å². The van der Waals surface area contributed by atoms with E-state index in [0.29, 0.717) is 11.4 Å². The number of carbonyl (C=O) groups excluding carboxylic acids is 4. The van der Waals surface area contributed by atoms with Crippen LogP contribution in [-0.4, -0.2) is 48.3 Å². The molecule has 8 heteroatoms. The second-order valence-electron chi connectivity index (χ2n) is 8.00. The zero-order chi connectivity index (χ0) is 20.7. The molecule has 3 amide bonds. The van der Waals surface area contributed by atoms with E-state index in [9.17, 15) is 19.2 Å². The van der Waals surface area contributed by atoms with E-state index in [2.05, 4.69) is 5.32 Å². The first-order valence-electron chi connectivity index (χ1n) is 9.88. The number of likely N-dealkylation sites (tertiary alicyclic amines) is 1. The number of fused-ring (bicyclic) bond motifs is 5. The van der Waals surface area contributed by atoms with Crippen molar-refractivity contribution in [2.45, 2.75) is 32.2 Å². The number of ether oxygens (including phenoxy) is 2. The molecule has 0 radical (unpaired) electrons. The highest BCUT2D eigenvalue weighted by molar-refractivity contribution is 6.08. The summed E-state index contributed by atoms with van der Waals surface area (Å²) in [5.74, 6) is -1.30. The van der Waals surface area contributed by atoms with Gasteiger partial charge < -0.3 is 14.8 Å². The van der Waals surface area contributed by atoms with Gasteiger partial charge in [0, 0.05) is 11.8 Å². The molecule has 0 unspecified atom stereocenters. The van der Waals surface area contributed by atoms with Gasteiger partial charge in [-0.05, 0) is 50.2 Å². The van der Waals surface area contributed by atoms with E-state index in [0.717, 1.165) is 24.2 Å². The minimum absolute atomic E-state index is 0.253. The van der Waals surface area contributed by atoms with E-state index in [1.54, 1.807) is 24.3 Å². The molecular formula is C21H24N2O6. The molecule has 1 aromatic rings. The summed E-state index contributed by atoms with van der Waals surface area (Å²) in [6.45, 7) is 0.968. The van der Waals surface area contributed by atoms with Crippen LogP contribution >= 0.6 is 0 Å². The number of esters is 1. The van der Waals surface area contributed by atoms with Crippen LogP contribution in [0.1, 0.15) is 26.2 Å². The Morgan fingerprint density at radius 2 is 1.83 bits per heavy atom. The molecule has 1 aromatic carbocycles. The topological polar surface area (TPSA) is 102 Å². The van der Waals surface area contributed by atoms with Crippen LogP contribution in [0, 0.1) is 23.7 Å². The van der Waals surface area contributed by atoms with E-state index in [1.165, 1.54) is 14.0 Å². The summed E-state index contributed by atoms with van der Waals surface area (Å²) in [6.07, 6.45) is 2.88. The maximum absolute atomic E-state index is 12.8. The Morgan fingerprint density at radius 1 is 1.17 bits per heavy atom. The third-order valence-corrected chi connectivity index (χ3v) is 6.39. The van der Waals surface area contributed by atoms with Gasteiger partial charge in [-0.3, -0.25) is 19.3 Å². The Balaban J connectivity index is 1.33. The van der Waals surface area contributed by atoms with Crippen LogP contribution in [0.5, 0.6) is 5.75 Å². The van der Waals surface area contributed by atoms with Gasteiger partial charge in [-0.2, -0.15) is 0 Å².